The molecule has 0 radical (unpaired) electrons. The van der Waals surface area contributed by atoms with Crippen molar-refractivity contribution in [3.05, 3.63) is 30.3 Å². The van der Waals surface area contributed by atoms with Crippen molar-refractivity contribution in [2.45, 2.75) is 18.9 Å². The van der Waals surface area contributed by atoms with E-state index in [1.165, 1.54) is 4.90 Å². The van der Waals surface area contributed by atoms with Crippen molar-refractivity contribution in [1.82, 2.24) is 5.32 Å². The van der Waals surface area contributed by atoms with Gasteiger partial charge in [-0.05, 0) is 25.0 Å². The van der Waals surface area contributed by atoms with Gasteiger partial charge < -0.3 is 20.1 Å². The molecule has 2 rings (SSSR count). The van der Waals surface area contributed by atoms with Gasteiger partial charge in [-0.25, -0.2) is 0 Å². The first-order chi connectivity index (χ1) is 10.1. The second-order valence-corrected chi connectivity index (χ2v) is 5.02. The standard InChI is InChI=1S/C15H20N2O4/c18-14(16-9-13-7-4-8-21-13)10-17(11-15(19)20)12-5-2-1-3-6-12/h1-3,5-6,13H,4,7-11H2,(H,16,18)(H,19,20)/t13-/m1/s1. The highest BCUT2D eigenvalue weighted by Crippen LogP contribution is 2.13. The van der Waals surface area contributed by atoms with Crippen LogP contribution in [-0.4, -0.2) is 49.3 Å². The summed E-state index contributed by atoms with van der Waals surface area (Å²) in [6.07, 6.45) is 2.06. The number of nitrogens with zero attached hydrogens (tertiary/aromatic N) is 1. The van der Waals surface area contributed by atoms with Crippen LogP contribution in [0.1, 0.15) is 12.8 Å². The number of para-hydroxylation sites is 1. The van der Waals surface area contributed by atoms with E-state index in [2.05, 4.69) is 5.32 Å². The fourth-order valence-electron chi connectivity index (χ4n) is 2.30. The molecule has 0 bridgehead atoms. The summed E-state index contributed by atoms with van der Waals surface area (Å²) in [5.41, 5.74) is 0.715. The molecule has 2 N–H and O–H groups in total. The monoisotopic (exact) mass is 292 g/mol. The molecule has 6 heteroatoms. The van der Waals surface area contributed by atoms with Crippen LogP contribution in [0.25, 0.3) is 0 Å². The second kappa shape index (κ2) is 7.64. The summed E-state index contributed by atoms with van der Waals surface area (Å²) in [5.74, 6) is -1.17. The van der Waals surface area contributed by atoms with E-state index in [1.807, 2.05) is 18.2 Å². The number of ether oxygens (including phenoxy) is 1. The number of nitrogens with one attached hydrogen (secondary N) is 1. The first kappa shape index (κ1) is 15.3. The van der Waals surface area contributed by atoms with E-state index >= 15 is 0 Å². The molecule has 1 fully saturated rings. The van der Waals surface area contributed by atoms with Gasteiger partial charge >= 0.3 is 5.97 Å². The highest BCUT2D eigenvalue weighted by molar-refractivity contribution is 5.84. The number of anilines is 1. The van der Waals surface area contributed by atoms with Gasteiger partial charge in [0.1, 0.15) is 6.54 Å². The lowest BCUT2D eigenvalue weighted by Crippen LogP contribution is -2.42. The number of carbonyl (C=O) groups is 2. The Balaban J connectivity index is 1.88. The fraction of sp³-hybridized carbons (Fsp3) is 0.467. The van der Waals surface area contributed by atoms with E-state index in [4.69, 9.17) is 9.84 Å². The van der Waals surface area contributed by atoms with E-state index in [1.54, 1.807) is 12.1 Å². The van der Waals surface area contributed by atoms with Crippen molar-refractivity contribution >= 4 is 17.6 Å². The molecule has 0 unspecified atom stereocenters. The zero-order valence-corrected chi connectivity index (χ0v) is 11.8. The molecule has 1 atom stereocenters. The number of aliphatic carboxylic acids is 1. The normalized spacial score (nSPS) is 17.4. The maximum atomic E-state index is 12.0. The van der Waals surface area contributed by atoms with Crippen LogP contribution in [0, 0.1) is 0 Å². The molecule has 1 saturated heterocycles. The van der Waals surface area contributed by atoms with Gasteiger partial charge in [0.05, 0.1) is 12.6 Å². The first-order valence-electron chi connectivity index (χ1n) is 7.05. The fourth-order valence-corrected chi connectivity index (χ4v) is 2.30. The van der Waals surface area contributed by atoms with Gasteiger partial charge in [0, 0.05) is 18.8 Å². The van der Waals surface area contributed by atoms with E-state index in [-0.39, 0.29) is 25.1 Å². The number of carboxylic acid groups (broad SMARTS) is 1. The Morgan fingerprint density at radius 1 is 1.29 bits per heavy atom. The van der Waals surface area contributed by atoms with Crippen molar-refractivity contribution < 1.29 is 19.4 Å². The summed E-state index contributed by atoms with van der Waals surface area (Å²) >= 11 is 0. The van der Waals surface area contributed by atoms with Gasteiger partial charge in [-0.15, -0.1) is 0 Å². The minimum atomic E-state index is -0.967. The number of hydrogen-bond donors (Lipinski definition) is 2. The van der Waals surface area contributed by atoms with E-state index in [9.17, 15) is 9.59 Å². The maximum Gasteiger partial charge on any atom is 0.323 e. The third-order valence-corrected chi connectivity index (χ3v) is 3.33. The zero-order valence-electron chi connectivity index (χ0n) is 11.8. The molecule has 0 aliphatic carbocycles. The smallest absolute Gasteiger partial charge is 0.323 e. The van der Waals surface area contributed by atoms with Gasteiger partial charge in [-0.2, -0.15) is 0 Å². The predicted octanol–water partition coefficient (Wildman–Crippen LogP) is 0.873. The van der Waals surface area contributed by atoms with Crippen LogP contribution in [0.2, 0.25) is 0 Å². The van der Waals surface area contributed by atoms with Crippen molar-refractivity contribution in [3.63, 3.8) is 0 Å². The molecule has 0 aromatic heterocycles. The molecule has 114 valence electrons. The van der Waals surface area contributed by atoms with Crippen molar-refractivity contribution in [2.24, 2.45) is 0 Å². The van der Waals surface area contributed by atoms with Crippen LogP contribution in [0.15, 0.2) is 30.3 Å². The average Bonchev–Trinajstić information content (AvgIpc) is 2.98. The van der Waals surface area contributed by atoms with Crippen LogP contribution >= 0.6 is 0 Å². The number of hydrogen-bond acceptors (Lipinski definition) is 4. The second-order valence-electron chi connectivity index (χ2n) is 5.02. The lowest BCUT2D eigenvalue weighted by Gasteiger charge is -2.22. The van der Waals surface area contributed by atoms with E-state index in [0.717, 1.165) is 19.4 Å². The minimum absolute atomic E-state index is 0.0169. The van der Waals surface area contributed by atoms with Crippen LogP contribution < -0.4 is 10.2 Å². The number of benzene rings is 1. The lowest BCUT2D eigenvalue weighted by atomic mass is 10.2. The Hall–Kier alpha value is -2.08. The summed E-state index contributed by atoms with van der Waals surface area (Å²) in [4.78, 5) is 24.4. The highest BCUT2D eigenvalue weighted by Gasteiger charge is 2.18. The first-order valence-corrected chi connectivity index (χ1v) is 7.05. The minimum Gasteiger partial charge on any atom is -0.480 e. The third-order valence-electron chi connectivity index (χ3n) is 3.33. The summed E-state index contributed by atoms with van der Waals surface area (Å²) in [7, 11) is 0. The number of amides is 1. The molecule has 1 aliphatic rings. The van der Waals surface area contributed by atoms with Gasteiger partial charge in [0.2, 0.25) is 5.91 Å². The number of carbonyl (C=O) groups excluding carboxylic acids is 1. The summed E-state index contributed by atoms with van der Waals surface area (Å²) in [5, 5.41) is 11.8. The lowest BCUT2D eigenvalue weighted by molar-refractivity contribution is -0.135. The van der Waals surface area contributed by atoms with Crippen molar-refractivity contribution in [3.8, 4) is 0 Å². The molecule has 1 aromatic rings. The molecule has 6 nitrogen and oxygen atoms in total. The molecule has 1 heterocycles. The number of carboxylic acids is 1. The van der Waals surface area contributed by atoms with Gasteiger partial charge in [-0.1, -0.05) is 18.2 Å². The molecule has 1 aromatic carbocycles. The Morgan fingerprint density at radius 2 is 2.05 bits per heavy atom. The Morgan fingerprint density at radius 3 is 2.67 bits per heavy atom. The molecule has 0 saturated carbocycles. The van der Waals surface area contributed by atoms with Crippen molar-refractivity contribution in [1.29, 1.82) is 0 Å². The predicted molar refractivity (Wildman–Crippen MR) is 78.3 cm³/mol. The van der Waals surface area contributed by atoms with Crippen LogP contribution in [0.4, 0.5) is 5.69 Å². The summed E-state index contributed by atoms with van der Waals surface area (Å²) < 4.78 is 5.44. The Kier molecular flexibility index (Phi) is 5.57. The van der Waals surface area contributed by atoms with Crippen LogP contribution in [0.5, 0.6) is 0 Å². The molecule has 21 heavy (non-hydrogen) atoms. The van der Waals surface area contributed by atoms with E-state index < -0.39 is 5.97 Å². The van der Waals surface area contributed by atoms with Gasteiger partial charge in [0.15, 0.2) is 0 Å². The quantitative estimate of drug-likeness (QED) is 0.779. The van der Waals surface area contributed by atoms with E-state index in [0.29, 0.717) is 12.2 Å². The third kappa shape index (κ3) is 5.07. The van der Waals surface area contributed by atoms with Crippen molar-refractivity contribution in [2.75, 3.05) is 31.1 Å². The maximum absolute atomic E-state index is 12.0. The summed E-state index contributed by atoms with van der Waals surface area (Å²) in [6, 6.07) is 9.05. The van der Waals surface area contributed by atoms with Gasteiger partial charge in [0.25, 0.3) is 0 Å². The van der Waals surface area contributed by atoms with Gasteiger partial charge in [-0.3, -0.25) is 9.59 Å². The molecule has 1 amide bonds. The SMILES string of the molecule is O=C(O)CN(CC(=O)NC[C@H]1CCCO1)c1ccccc1. The summed E-state index contributed by atoms with van der Waals surface area (Å²) in [6.45, 7) is 1.03. The number of rotatable bonds is 7. The molecular weight excluding hydrogens is 272 g/mol. The highest BCUT2D eigenvalue weighted by atomic mass is 16.5. The molecular formula is C15H20N2O4. The van der Waals surface area contributed by atoms with Crippen LogP contribution in [0.3, 0.4) is 0 Å². The molecule has 1 aliphatic heterocycles. The largest absolute Gasteiger partial charge is 0.480 e. The zero-order chi connectivity index (χ0) is 15.1. The average molecular weight is 292 g/mol. The van der Waals surface area contributed by atoms with Crippen LogP contribution in [-0.2, 0) is 14.3 Å². The topological polar surface area (TPSA) is 78.9 Å². The molecule has 0 spiro atoms. The Labute approximate surface area is 123 Å². The Bertz CT molecular complexity index is 472.